The Labute approximate surface area is 193 Å². The number of aryl methyl sites for hydroxylation is 2. The van der Waals surface area contributed by atoms with E-state index in [1.807, 2.05) is 30.9 Å². The van der Waals surface area contributed by atoms with E-state index in [0.717, 1.165) is 23.5 Å². The molecular formula is C21H21ClF3N7O. The lowest BCUT2D eigenvalue weighted by atomic mass is 10.2. The molecule has 0 radical (unpaired) electrons. The molecule has 1 aliphatic rings. The number of benzene rings is 1. The number of carbonyl (C=O) groups excluding carboxylic acids is 1. The van der Waals surface area contributed by atoms with Crippen molar-refractivity contribution in [1.29, 1.82) is 0 Å². The molecule has 1 fully saturated rings. The summed E-state index contributed by atoms with van der Waals surface area (Å²) in [6.45, 7) is 5.63. The fraction of sp³-hybridized carbons (Fsp3) is 0.333. The predicted molar refractivity (Wildman–Crippen MR) is 118 cm³/mol. The van der Waals surface area contributed by atoms with Crippen molar-refractivity contribution in [2.24, 2.45) is 0 Å². The predicted octanol–water partition coefficient (Wildman–Crippen LogP) is 4.31. The maximum Gasteiger partial charge on any atom is 0.417 e. The number of anilines is 2. The van der Waals surface area contributed by atoms with Crippen molar-refractivity contribution in [3.8, 4) is 5.82 Å². The van der Waals surface area contributed by atoms with Crippen LogP contribution in [0.2, 0.25) is 5.02 Å². The van der Waals surface area contributed by atoms with Crippen LogP contribution in [0.5, 0.6) is 0 Å². The van der Waals surface area contributed by atoms with Gasteiger partial charge in [0.1, 0.15) is 12.1 Å². The molecule has 12 heteroatoms. The van der Waals surface area contributed by atoms with E-state index in [1.165, 1.54) is 12.4 Å². The Morgan fingerprint density at radius 1 is 1.03 bits per heavy atom. The summed E-state index contributed by atoms with van der Waals surface area (Å²) in [7, 11) is 0. The lowest BCUT2D eigenvalue weighted by molar-refractivity contribution is -0.137. The first kappa shape index (κ1) is 22.8. The van der Waals surface area contributed by atoms with Gasteiger partial charge < -0.3 is 15.1 Å². The fourth-order valence-electron chi connectivity index (χ4n) is 3.65. The number of carbonyl (C=O) groups is 1. The highest BCUT2D eigenvalue weighted by Crippen LogP contribution is 2.36. The molecule has 0 saturated carbocycles. The molecule has 4 rings (SSSR count). The summed E-state index contributed by atoms with van der Waals surface area (Å²) in [4.78, 5) is 24.8. The molecule has 1 N–H and O–H groups in total. The Bertz CT molecular complexity index is 1170. The van der Waals surface area contributed by atoms with Crippen molar-refractivity contribution >= 4 is 29.1 Å². The van der Waals surface area contributed by atoms with Crippen LogP contribution in [0.15, 0.2) is 36.7 Å². The zero-order chi connectivity index (χ0) is 23.8. The van der Waals surface area contributed by atoms with Crippen LogP contribution < -0.4 is 10.2 Å². The SMILES string of the molecule is Cc1cc(C)n(-c2cc(N3CCN(C(=O)Nc4ccc(Cl)c(C(F)(F)F)c4)CC3)ncn2)n1. The second kappa shape index (κ2) is 8.89. The third kappa shape index (κ3) is 5.03. The van der Waals surface area contributed by atoms with Crippen LogP contribution in [-0.4, -0.2) is 56.9 Å². The maximum atomic E-state index is 13.1. The minimum atomic E-state index is -4.60. The summed E-state index contributed by atoms with van der Waals surface area (Å²) in [6, 6.07) is 6.61. The summed E-state index contributed by atoms with van der Waals surface area (Å²) in [6.07, 6.45) is -3.13. The first-order valence-electron chi connectivity index (χ1n) is 10.1. The van der Waals surface area contributed by atoms with E-state index < -0.39 is 22.8 Å². The van der Waals surface area contributed by atoms with Crippen LogP contribution in [0.1, 0.15) is 17.0 Å². The first-order chi connectivity index (χ1) is 15.6. The van der Waals surface area contributed by atoms with Crippen molar-refractivity contribution in [2.75, 3.05) is 36.4 Å². The highest BCUT2D eigenvalue weighted by Gasteiger charge is 2.33. The Hall–Kier alpha value is -3.34. The summed E-state index contributed by atoms with van der Waals surface area (Å²) >= 11 is 5.64. The van der Waals surface area contributed by atoms with Gasteiger partial charge in [-0.25, -0.2) is 19.4 Å². The number of rotatable bonds is 3. The number of hydrogen-bond donors (Lipinski definition) is 1. The molecule has 8 nitrogen and oxygen atoms in total. The summed E-state index contributed by atoms with van der Waals surface area (Å²) < 4.78 is 40.9. The number of nitrogens with zero attached hydrogens (tertiary/aromatic N) is 6. The molecule has 0 unspecified atom stereocenters. The molecule has 33 heavy (non-hydrogen) atoms. The quantitative estimate of drug-likeness (QED) is 0.605. The van der Waals surface area contributed by atoms with Gasteiger partial charge in [-0.1, -0.05) is 11.6 Å². The molecule has 0 atom stereocenters. The average molecular weight is 480 g/mol. The van der Waals surface area contributed by atoms with Gasteiger partial charge in [-0.3, -0.25) is 0 Å². The highest BCUT2D eigenvalue weighted by molar-refractivity contribution is 6.31. The number of halogens is 4. The van der Waals surface area contributed by atoms with Crippen LogP contribution >= 0.6 is 11.6 Å². The minimum absolute atomic E-state index is 0.0319. The van der Waals surface area contributed by atoms with Crippen LogP contribution in [0, 0.1) is 13.8 Å². The van der Waals surface area contributed by atoms with Crippen LogP contribution in [0.4, 0.5) is 29.5 Å². The van der Waals surface area contributed by atoms with Crippen LogP contribution in [-0.2, 0) is 6.18 Å². The summed E-state index contributed by atoms with van der Waals surface area (Å²) in [5, 5.41) is 6.54. The van der Waals surface area contributed by atoms with Crippen molar-refractivity contribution in [3.63, 3.8) is 0 Å². The van der Waals surface area contributed by atoms with E-state index >= 15 is 0 Å². The van der Waals surface area contributed by atoms with E-state index in [9.17, 15) is 18.0 Å². The van der Waals surface area contributed by atoms with Crippen molar-refractivity contribution in [2.45, 2.75) is 20.0 Å². The normalized spacial score (nSPS) is 14.5. The van der Waals surface area contributed by atoms with Gasteiger partial charge in [0.15, 0.2) is 5.82 Å². The molecule has 1 aliphatic heterocycles. The largest absolute Gasteiger partial charge is 0.417 e. The number of nitrogens with one attached hydrogen (secondary N) is 1. The molecular weight excluding hydrogens is 459 g/mol. The van der Waals surface area contributed by atoms with E-state index in [4.69, 9.17) is 11.6 Å². The van der Waals surface area contributed by atoms with E-state index in [1.54, 1.807) is 9.58 Å². The van der Waals surface area contributed by atoms with Crippen LogP contribution in [0.25, 0.3) is 5.82 Å². The van der Waals surface area contributed by atoms with E-state index in [0.29, 0.717) is 37.8 Å². The molecule has 3 aromatic rings. The second-order valence-corrected chi connectivity index (χ2v) is 8.08. The molecule has 174 valence electrons. The number of aromatic nitrogens is 4. The second-order valence-electron chi connectivity index (χ2n) is 7.67. The lowest BCUT2D eigenvalue weighted by Crippen LogP contribution is -2.50. The standard InChI is InChI=1S/C21H21ClF3N7O/c1-13-9-14(2)32(29-13)19-11-18(26-12-27-19)30-5-7-31(8-6-30)20(33)28-15-3-4-17(22)16(10-15)21(23,24)25/h3-4,9-12H,5-8H2,1-2H3,(H,28,33). The van der Waals surface area contributed by atoms with Crippen LogP contribution in [0.3, 0.4) is 0 Å². The topological polar surface area (TPSA) is 79.2 Å². The molecule has 0 spiro atoms. The Balaban J connectivity index is 1.40. The monoisotopic (exact) mass is 479 g/mol. The van der Waals surface area contributed by atoms with E-state index in [-0.39, 0.29) is 5.69 Å². The highest BCUT2D eigenvalue weighted by atomic mass is 35.5. The van der Waals surface area contributed by atoms with Gasteiger partial charge in [-0.15, -0.1) is 0 Å². The number of amides is 2. The third-order valence-electron chi connectivity index (χ3n) is 5.28. The zero-order valence-corrected chi connectivity index (χ0v) is 18.7. The molecule has 0 bridgehead atoms. The van der Waals surface area contributed by atoms with Gasteiger partial charge in [-0.2, -0.15) is 18.3 Å². The molecule has 0 aliphatic carbocycles. The van der Waals surface area contributed by atoms with Crippen molar-refractivity contribution in [1.82, 2.24) is 24.6 Å². The molecule has 2 amide bonds. The Morgan fingerprint density at radius 2 is 1.73 bits per heavy atom. The molecule has 2 aromatic heterocycles. The Kier molecular flexibility index (Phi) is 6.15. The summed E-state index contributed by atoms with van der Waals surface area (Å²) in [5.41, 5.74) is 0.878. The Morgan fingerprint density at radius 3 is 2.36 bits per heavy atom. The van der Waals surface area contributed by atoms with Gasteiger partial charge >= 0.3 is 12.2 Å². The van der Waals surface area contributed by atoms with Gasteiger partial charge in [0, 0.05) is 43.6 Å². The first-order valence-corrected chi connectivity index (χ1v) is 10.5. The fourth-order valence-corrected chi connectivity index (χ4v) is 3.87. The average Bonchev–Trinajstić information content (AvgIpc) is 3.12. The maximum absolute atomic E-state index is 13.1. The minimum Gasteiger partial charge on any atom is -0.353 e. The number of hydrogen-bond acceptors (Lipinski definition) is 5. The molecule has 1 saturated heterocycles. The van der Waals surface area contributed by atoms with Crippen molar-refractivity contribution in [3.05, 3.63) is 58.6 Å². The molecule has 3 heterocycles. The van der Waals surface area contributed by atoms with E-state index in [2.05, 4.69) is 20.4 Å². The van der Waals surface area contributed by atoms with Gasteiger partial charge in [-0.05, 0) is 38.1 Å². The smallest absolute Gasteiger partial charge is 0.353 e. The zero-order valence-electron chi connectivity index (χ0n) is 17.9. The van der Waals surface area contributed by atoms with Gasteiger partial charge in [0.25, 0.3) is 0 Å². The third-order valence-corrected chi connectivity index (χ3v) is 5.61. The lowest BCUT2D eigenvalue weighted by Gasteiger charge is -2.35. The summed E-state index contributed by atoms with van der Waals surface area (Å²) in [5.74, 6) is 1.36. The van der Waals surface area contributed by atoms with Crippen molar-refractivity contribution < 1.29 is 18.0 Å². The number of alkyl halides is 3. The van der Waals surface area contributed by atoms with Gasteiger partial charge in [0.05, 0.1) is 16.3 Å². The van der Waals surface area contributed by atoms with Gasteiger partial charge in [0.2, 0.25) is 0 Å². The number of urea groups is 1. The molecule has 1 aromatic carbocycles. The number of piperazine rings is 1.